The summed E-state index contributed by atoms with van der Waals surface area (Å²) in [5, 5.41) is 12.4. The van der Waals surface area contributed by atoms with Crippen LogP contribution in [-0.4, -0.2) is 18.3 Å². The van der Waals surface area contributed by atoms with Crippen molar-refractivity contribution in [2.75, 3.05) is 13.2 Å². The van der Waals surface area contributed by atoms with Crippen molar-refractivity contribution in [3.05, 3.63) is 34.9 Å². The summed E-state index contributed by atoms with van der Waals surface area (Å²) < 4.78 is 0. The van der Waals surface area contributed by atoms with Gasteiger partial charge in [-0.15, -0.1) is 0 Å². The molecule has 0 saturated heterocycles. The van der Waals surface area contributed by atoms with Gasteiger partial charge in [0, 0.05) is 19.7 Å². The van der Waals surface area contributed by atoms with E-state index in [2.05, 4.69) is 51.2 Å². The van der Waals surface area contributed by atoms with Crippen molar-refractivity contribution in [1.29, 1.82) is 0 Å². The molecule has 0 aromatic heterocycles. The summed E-state index contributed by atoms with van der Waals surface area (Å²) in [6.07, 6.45) is 1.95. The van der Waals surface area contributed by atoms with E-state index in [9.17, 15) is 0 Å². The van der Waals surface area contributed by atoms with Crippen LogP contribution in [0.3, 0.4) is 0 Å². The Balaban J connectivity index is 2.44. The fraction of sp³-hybridized carbons (Fsp3) is 0.625. The summed E-state index contributed by atoms with van der Waals surface area (Å²) in [6, 6.07) is 6.47. The zero-order valence-electron chi connectivity index (χ0n) is 12.2. The summed E-state index contributed by atoms with van der Waals surface area (Å²) in [7, 11) is 0. The molecule has 0 aliphatic carbocycles. The summed E-state index contributed by atoms with van der Waals surface area (Å²) in [6.45, 7) is 11.0. The van der Waals surface area contributed by atoms with E-state index in [0.717, 1.165) is 25.9 Å². The molecule has 1 rings (SSSR count). The maximum absolute atomic E-state index is 8.88. The van der Waals surface area contributed by atoms with Gasteiger partial charge in [0.25, 0.3) is 0 Å². The van der Waals surface area contributed by atoms with E-state index in [1.807, 2.05) is 0 Å². The lowest BCUT2D eigenvalue weighted by molar-refractivity contribution is 0.236. The molecule has 2 heteroatoms. The second kappa shape index (κ2) is 6.91. The minimum absolute atomic E-state index is 0.250. The third-order valence-electron chi connectivity index (χ3n) is 3.65. The number of hydrogen-bond donors (Lipinski definition) is 2. The molecule has 2 N–H and O–H groups in total. The Morgan fingerprint density at radius 3 is 2.61 bits per heavy atom. The predicted molar refractivity (Wildman–Crippen MR) is 77.7 cm³/mol. The third kappa shape index (κ3) is 4.79. The number of rotatable bonds is 7. The van der Waals surface area contributed by atoms with E-state index < -0.39 is 0 Å². The van der Waals surface area contributed by atoms with Crippen LogP contribution in [0.1, 0.15) is 43.4 Å². The number of aliphatic hydroxyl groups excluding tert-OH is 1. The molecule has 0 amide bonds. The zero-order chi connectivity index (χ0) is 13.6. The van der Waals surface area contributed by atoms with Gasteiger partial charge in [0.05, 0.1) is 0 Å². The summed E-state index contributed by atoms with van der Waals surface area (Å²) in [5.41, 5.74) is 4.38. The highest BCUT2D eigenvalue weighted by atomic mass is 16.2. The molecule has 1 aromatic carbocycles. The molecule has 0 heterocycles. The molecular weight excluding hydrogens is 222 g/mol. The van der Waals surface area contributed by atoms with Gasteiger partial charge in [0.15, 0.2) is 0 Å². The monoisotopic (exact) mass is 249 g/mol. The highest BCUT2D eigenvalue weighted by molar-refractivity contribution is 5.32. The largest absolute Gasteiger partial charge is 0.396 e. The minimum atomic E-state index is 0.250. The number of aryl methyl sites for hydroxylation is 1. The molecule has 0 saturated carbocycles. The van der Waals surface area contributed by atoms with Gasteiger partial charge in [0.1, 0.15) is 0 Å². The summed E-state index contributed by atoms with van der Waals surface area (Å²) in [5.74, 6) is 0. The van der Waals surface area contributed by atoms with Crippen molar-refractivity contribution in [2.45, 2.75) is 47.1 Å². The van der Waals surface area contributed by atoms with Gasteiger partial charge >= 0.3 is 0 Å². The standard InChI is InChI=1S/C16H27NO/c1-13-7-5-8-15(14(13)2)11-17-12-16(3,4)9-6-10-18/h5,7-8,17-18H,6,9-12H2,1-4H3. The molecule has 0 atom stereocenters. The third-order valence-corrected chi connectivity index (χ3v) is 3.65. The van der Waals surface area contributed by atoms with Crippen LogP contribution in [-0.2, 0) is 6.54 Å². The number of hydrogen-bond acceptors (Lipinski definition) is 2. The van der Waals surface area contributed by atoms with Crippen molar-refractivity contribution in [2.24, 2.45) is 5.41 Å². The molecule has 102 valence electrons. The van der Waals surface area contributed by atoms with E-state index in [-0.39, 0.29) is 5.41 Å². The fourth-order valence-corrected chi connectivity index (χ4v) is 2.18. The maximum atomic E-state index is 8.88. The lowest BCUT2D eigenvalue weighted by atomic mass is 9.88. The Labute approximate surface area is 111 Å². The van der Waals surface area contributed by atoms with Gasteiger partial charge < -0.3 is 10.4 Å². The maximum Gasteiger partial charge on any atom is 0.0431 e. The fourth-order valence-electron chi connectivity index (χ4n) is 2.18. The Kier molecular flexibility index (Phi) is 5.83. The van der Waals surface area contributed by atoms with E-state index in [1.54, 1.807) is 0 Å². The molecule has 1 aromatic rings. The van der Waals surface area contributed by atoms with Gasteiger partial charge in [-0.1, -0.05) is 32.0 Å². The van der Waals surface area contributed by atoms with Gasteiger partial charge in [-0.3, -0.25) is 0 Å². The van der Waals surface area contributed by atoms with Crippen LogP contribution in [0.5, 0.6) is 0 Å². The summed E-state index contributed by atoms with van der Waals surface area (Å²) >= 11 is 0. The van der Waals surface area contributed by atoms with Crippen LogP contribution >= 0.6 is 0 Å². The molecule has 0 radical (unpaired) electrons. The molecule has 0 fully saturated rings. The second-order valence-corrected chi connectivity index (χ2v) is 5.95. The first-order valence-corrected chi connectivity index (χ1v) is 6.83. The Hall–Kier alpha value is -0.860. The lowest BCUT2D eigenvalue weighted by Gasteiger charge is -2.25. The van der Waals surface area contributed by atoms with Gasteiger partial charge in [0.2, 0.25) is 0 Å². The van der Waals surface area contributed by atoms with E-state index >= 15 is 0 Å². The summed E-state index contributed by atoms with van der Waals surface area (Å²) in [4.78, 5) is 0. The smallest absolute Gasteiger partial charge is 0.0431 e. The van der Waals surface area contributed by atoms with E-state index in [1.165, 1.54) is 16.7 Å². The first-order chi connectivity index (χ1) is 8.46. The van der Waals surface area contributed by atoms with Crippen LogP contribution in [0.15, 0.2) is 18.2 Å². The molecule has 18 heavy (non-hydrogen) atoms. The van der Waals surface area contributed by atoms with Crippen LogP contribution in [0, 0.1) is 19.3 Å². The highest BCUT2D eigenvalue weighted by Crippen LogP contribution is 2.21. The predicted octanol–water partition coefficient (Wildman–Crippen LogP) is 3.19. The minimum Gasteiger partial charge on any atom is -0.396 e. The molecule has 0 unspecified atom stereocenters. The van der Waals surface area contributed by atoms with Crippen LogP contribution in [0.2, 0.25) is 0 Å². The molecule has 2 nitrogen and oxygen atoms in total. The first-order valence-electron chi connectivity index (χ1n) is 6.83. The van der Waals surface area contributed by atoms with Crippen LogP contribution in [0.25, 0.3) is 0 Å². The quantitative estimate of drug-likeness (QED) is 0.778. The Bertz CT molecular complexity index is 371. The van der Waals surface area contributed by atoms with Gasteiger partial charge in [-0.25, -0.2) is 0 Å². The number of benzene rings is 1. The molecular formula is C16H27NO. The van der Waals surface area contributed by atoms with Crippen molar-refractivity contribution in [3.8, 4) is 0 Å². The number of nitrogens with one attached hydrogen (secondary N) is 1. The average Bonchev–Trinajstić information content (AvgIpc) is 2.32. The number of aliphatic hydroxyl groups is 1. The van der Waals surface area contributed by atoms with Crippen molar-refractivity contribution in [1.82, 2.24) is 5.32 Å². The molecule has 0 spiro atoms. The highest BCUT2D eigenvalue weighted by Gasteiger charge is 2.16. The Morgan fingerprint density at radius 1 is 1.22 bits per heavy atom. The normalized spacial score (nSPS) is 11.8. The molecule has 0 aliphatic heterocycles. The second-order valence-electron chi connectivity index (χ2n) is 5.95. The van der Waals surface area contributed by atoms with Gasteiger partial charge in [-0.2, -0.15) is 0 Å². The topological polar surface area (TPSA) is 32.3 Å². The van der Waals surface area contributed by atoms with Crippen molar-refractivity contribution >= 4 is 0 Å². The molecule has 0 aliphatic rings. The average molecular weight is 249 g/mol. The van der Waals surface area contributed by atoms with E-state index in [4.69, 9.17) is 5.11 Å². The van der Waals surface area contributed by atoms with Crippen molar-refractivity contribution < 1.29 is 5.11 Å². The van der Waals surface area contributed by atoms with Gasteiger partial charge in [-0.05, 0) is 48.8 Å². The zero-order valence-corrected chi connectivity index (χ0v) is 12.2. The first kappa shape index (κ1) is 15.2. The van der Waals surface area contributed by atoms with E-state index in [0.29, 0.717) is 6.61 Å². The Morgan fingerprint density at radius 2 is 1.94 bits per heavy atom. The van der Waals surface area contributed by atoms with Crippen LogP contribution in [0.4, 0.5) is 0 Å². The lowest BCUT2D eigenvalue weighted by Crippen LogP contribution is -2.29. The van der Waals surface area contributed by atoms with Crippen molar-refractivity contribution in [3.63, 3.8) is 0 Å². The SMILES string of the molecule is Cc1cccc(CNCC(C)(C)CCCO)c1C. The molecule has 0 bridgehead atoms. The van der Waals surface area contributed by atoms with Crippen LogP contribution < -0.4 is 5.32 Å².